The normalized spacial score (nSPS) is 11.0. The maximum atomic E-state index is 11.3. The van der Waals surface area contributed by atoms with Crippen molar-refractivity contribution >= 4 is 17.7 Å². The molecule has 4 nitrogen and oxygen atoms in total. The standard InChI is InChI=1S/C11H15ClN2O2/c1-11(2,3)16-10(15)13-7-8-5-4-6-9(12)14-8/h4-6H,7H2,1-3H3,(H,13,15). The molecule has 1 aromatic rings. The first kappa shape index (κ1) is 12.8. The van der Waals surface area contributed by atoms with Crippen molar-refractivity contribution in [1.29, 1.82) is 0 Å². The fourth-order valence-corrected chi connectivity index (χ4v) is 1.21. The molecule has 0 fully saturated rings. The largest absolute Gasteiger partial charge is 0.444 e. The van der Waals surface area contributed by atoms with Crippen LogP contribution < -0.4 is 5.32 Å². The van der Waals surface area contributed by atoms with Crippen molar-refractivity contribution in [3.05, 3.63) is 29.0 Å². The molecule has 0 spiro atoms. The van der Waals surface area contributed by atoms with Crippen molar-refractivity contribution in [3.63, 3.8) is 0 Å². The molecule has 0 unspecified atom stereocenters. The van der Waals surface area contributed by atoms with E-state index in [1.54, 1.807) is 18.2 Å². The van der Waals surface area contributed by atoms with E-state index in [1.165, 1.54) is 0 Å². The summed E-state index contributed by atoms with van der Waals surface area (Å²) in [6.45, 7) is 5.73. The predicted molar refractivity (Wildman–Crippen MR) is 62.3 cm³/mol. The summed E-state index contributed by atoms with van der Waals surface area (Å²) in [6, 6.07) is 5.24. The molecule has 88 valence electrons. The lowest BCUT2D eigenvalue weighted by Crippen LogP contribution is -2.32. The zero-order chi connectivity index (χ0) is 12.2. The zero-order valence-electron chi connectivity index (χ0n) is 9.58. The highest BCUT2D eigenvalue weighted by atomic mass is 35.5. The zero-order valence-corrected chi connectivity index (χ0v) is 10.3. The van der Waals surface area contributed by atoms with E-state index in [9.17, 15) is 4.79 Å². The van der Waals surface area contributed by atoms with Gasteiger partial charge in [0.1, 0.15) is 10.8 Å². The summed E-state index contributed by atoms with van der Waals surface area (Å²) >= 11 is 5.71. The highest BCUT2D eigenvalue weighted by molar-refractivity contribution is 6.29. The summed E-state index contributed by atoms with van der Waals surface area (Å²) in [5, 5.41) is 3.01. The maximum absolute atomic E-state index is 11.3. The van der Waals surface area contributed by atoms with Crippen LogP contribution in [0.15, 0.2) is 18.2 Å². The average molecular weight is 243 g/mol. The first-order valence-electron chi connectivity index (χ1n) is 4.95. The number of nitrogens with zero attached hydrogens (tertiary/aromatic N) is 1. The van der Waals surface area contributed by atoms with E-state index in [0.717, 1.165) is 0 Å². The van der Waals surface area contributed by atoms with Gasteiger partial charge in [-0.1, -0.05) is 17.7 Å². The highest BCUT2D eigenvalue weighted by Gasteiger charge is 2.15. The lowest BCUT2D eigenvalue weighted by Gasteiger charge is -2.19. The van der Waals surface area contributed by atoms with Gasteiger partial charge in [0.05, 0.1) is 12.2 Å². The van der Waals surface area contributed by atoms with E-state index < -0.39 is 11.7 Å². The second-order valence-corrected chi connectivity index (χ2v) is 4.69. The third-order valence-corrected chi connectivity index (χ3v) is 1.80. The molecule has 5 heteroatoms. The Bertz CT molecular complexity index is 374. The third-order valence-electron chi connectivity index (χ3n) is 1.59. The quantitative estimate of drug-likeness (QED) is 0.812. The molecule has 0 bridgehead atoms. The first-order valence-corrected chi connectivity index (χ1v) is 5.33. The van der Waals surface area contributed by atoms with Crippen LogP contribution in [0.4, 0.5) is 4.79 Å². The smallest absolute Gasteiger partial charge is 0.407 e. The van der Waals surface area contributed by atoms with Gasteiger partial charge in [-0.25, -0.2) is 9.78 Å². The number of ether oxygens (including phenoxy) is 1. The van der Waals surface area contributed by atoms with E-state index in [2.05, 4.69) is 10.3 Å². The van der Waals surface area contributed by atoms with Gasteiger partial charge in [0.15, 0.2) is 0 Å². The number of hydrogen-bond donors (Lipinski definition) is 1. The molecule has 0 aliphatic rings. The molecule has 1 N–H and O–H groups in total. The highest BCUT2D eigenvalue weighted by Crippen LogP contribution is 2.07. The Morgan fingerprint density at radius 1 is 1.50 bits per heavy atom. The molecule has 16 heavy (non-hydrogen) atoms. The van der Waals surface area contributed by atoms with Crippen LogP contribution in [0.2, 0.25) is 5.15 Å². The number of nitrogens with one attached hydrogen (secondary N) is 1. The van der Waals surface area contributed by atoms with Crippen LogP contribution in [-0.4, -0.2) is 16.7 Å². The number of carbonyl (C=O) groups excluding carboxylic acids is 1. The van der Waals surface area contributed by atoms with Gasteiger partial charge in [-0.3, -0.25) is 0 Å². The molecule has 1 heterocycles. The van der Waals surface area contributed by atoms with Crippen molar-refractivity contribution in [1.82, 2.24) is 10.3 Å². The van der Waals surface area contributed by atoms with Gasteiger partial charge < -0.3 is 10.1 Å². The Labute approximate surface area is 100.0 Å². The number of pyridine rings is 1. The fraction of sp³-hybridized carbons (Fsp3) is 0.455. The predicted octanol–water partition coefficient (Wildman–Crippen LogP) is 2.76. The second-order valence-electron chi connectivity index (χ2n) is 4.31. The Morgan fingerprint density at radius 3 is 2.75 bits per heavy atom. The Hall–Kier alpha value is -1.29. The number of carbonyl (C=O) groups is 1. The molecular formula is C11H15ClN2O2. The number of aromatic nitrogens is 1. The molecule has 1 aromatic heterocycles. The Morgan fingerprint density at radius 2 is 2.19 bits per heavy atom. The van der Waals surface area contributed by atoms with Crippen LogP contribution >= 0.6 is 11.6 Å². The van der Waals surface area contributed by atoms with Gasteiger partial charge in [0, 0.05) is 0 Å². The Kier molecular flexibility index (Phi) is 4.12. The van der Waals surface area contributed by atoms with Crippen LogP contribution in [0.1, 0.15) is 26.5 Å². The van der Waals surface area contributed by atoms with E-state index >= 15 is 0 Å². The lowest BCUT2D eigenvalue weighted by atomic mass is 10.2. The van der Waals surface area contributed by atoms with Crippen LogP contribution in [0.5, 0.6) is 0 Å². The SMILES string of the molecule is CC(C)(C)OC(=O)NCc1cccc(Cl)n1. The van der Waals surface area contributed by atoms with Crippen LogP contribution in [0.25, 0.3) is 0 Å². The summed E-state index contributed by atoms with van der Waals surface area (Å²) in [5.41, 5.74) is 0.199. The van der Waals surface area contributed by atoms with Gasteiger partial charge in [-0.15, -0.1) is 0 Å². The number of rotatable bonds is 2. The molecule has 0 aliphatic heterocycles. The van der Waals surface area contributed by atoms with Gasteiger partial charge >= 0.3 is 6.09 Å². The summed E-state index contributed by atoms with van der Waals surface area (Å²) < 4.78 is 5.08. The number of hydrogen-bond acceptors (Lipinski definition) is 3. The first-order chi connectivity index (χ1) is 7.37. The molecule has 0 radical (unpaired) electrons. The third kappa shape index (κ3) is 4.98. The molecule has 0 aromatic carbocycles. The Balaban J connectivity index is 2.43. The van der Waals surface area contributed by atoms with Gasteiger partial charge in [-0.05, 0) is 32.9 Å². The van der Waals surface area contributed by atoms with Crippen molar-refractivity contribution in [2.24, 2.45) is 0 Å². The van der Waals surface area contributed by atoms with Crippen LogP contribution in [-0.2, 0) is 11.3 Å². The average Bonchev–Trinajstić information content (AvgIpc) is 2.12. The molecule has 1 amide bonds. The number of amides is 1. The molecule has 0 saturated carbocycles. The summed E-state index contributed by atoms with van der Waals surface area (Å²) in [4.78, 5) is 15.4. The van der Waals surface area contributed by atoms with Gasteiger partial charge in [0.25, 0.3) is 0 Å². The molecular weight excluding hydrogens is 228 g/mol. The number of halogens is 1. The van der Waals surface area contributed by atoms with E-state index in [-0.39, 0.29) is 0 Å². The number of alkyl carbamates (subject to hydrolysis) is 1. The van der Waals surface area contributed by atoms with Crippen LogP contribution in [0, 0.1) is 0 Å². The maximum Gasteiger partial charge on any atom is 0.407 e. The lowest BCUT2D eigenvalue weighted by molar-refractivity contribution is 0.0523. The molecule has 1 rings (SSSR count). The van der Waals surface area contributed by atoms with Crippen molar-refractivity contribution < 1.29 is 9.53 Å². The summed E-state index contributed by atoms with van der Waals surface area (Å²) in [5.74, 6) is 0. The topological polar surface area (TPSA) is 51.2 Å². The van der Waals surface area contributed by atoms with Gasteiger partial charge in [-0.2, -0.15) is 0 Å². The van der Waals surface area contributed by atoms with Crippen molar-refractivity contribution in [2.75, 3.05) is 0 Å². The van der Waals surface area contributed by atoms with E-state index in [0.29, 0.717) is 17.4 Å². The minimum Gasteiger partial charge on any atom is -0.444 e. The molecule has 0 atom stereocenters. The van der Waals surface area contributed by atoms with E-state index in [4.69, 9.17) is 16.3 Å². The van der Waals surface area contributed by atoms with Gasteiger partial charge in [0.2, 0.25) is 0 Å². The minimum absolute atomic E-state index is 0.301. The minimum atomic E-state index is -0.494. The fourth-order valence-electron chi connectivity index (χ4n) is 1.03. The molecule has 0 saturated heterocycles. The van der Waals surface area contributed by atoms with Crippen molar-refractivity contribution in [3.8, 4) is 0 Å². The summed E-state index contributed by atoms with van der Waals surface area (Å²) in [7, 11) is 0. The van der Waals surface area contributed by atoms with Crippen LogP contribution in [0.3, 0.4) is 0 Å². The monoisotopic (exact) mass is 242 g/mol. The second kappa shape index (κ2) is 5.16. The summed E-state index contributed by atoms with van der Waals surface area (Å²) in [6.07, 6.45) is -0.464. The van der Waals surface area contributed by atoms with E-state index in [1.807, 2.05) is 20.8 Å². The molecule has 0 aliphatic carbocycles. The van der Waals surface area contributed by atoms with Crippen molar-refractivity contribution in [2.45, 2.75) is 32.9 Å².